The molecule has 1 aromatic heterocycles. The molecule has 0 saturated heterocycles. The average Bonchev–Trinajstić information content (AvgIpc) is 2.66. The lowest BCUT2D eigenvalue weighted by Crippen LogP contribution is -2.33. The molecule has 0 amide bonds. The summed E-state index contributed by atoms with van der Waals surface area (Å²) >= 11 is 0. The van der Waals surface area contributed by atoms with E-state index in [1.165, 1.54) is 0 Å². The van der Waals surface area contributed by atoms with Crippen LogP contribution in [-0.2, 0) is 0 Å². The van der Waals surface area contributed by atoms with Gasteiger partial charge in [0.1, 0.15) is 11.6 Å². The Morgan fingerprint density at radius 1 is 1.26 bits per heavy atom. The summed E-state index contributed by atoms with van der Waals surface area (Å²) in [6.45, 7) is 10.8. The van der Waals surface area contributed by atoms with Gasteiger partial charge in [0.2, 0.25) is 0 Å². The largest absolute Gasteiger partial charge is 0.246 e. The highest BCUT2D eigenvalue weighted by Crippen LogP contribution is 2.44. The third-order valence-electron chi connectivity index (χ3n) is 4.43. The molecule has 0 spiro atoms. The summed E-state index contributed by atoms with van der Waals surface area (Å²) in [6, 6.07) is 2.66. The molecule has 4 heteroatoms. The van der Waals surface area contributed by atoms with Crippen molar-refractivity contribution in [3.63, 3.8) is 0 Å². The summed E-state index contributed by atoms with van der Waals surface area (Å²) in [5.41, 5.74) is 0.294. The van der Waals surface area contributed by atoms with Crippen LogP contribution in [0.2, 0.25) is 0 Å². The summed E-state index contributed by atoms with van der Waals surface area (Å²) in [6.07, 6.45) is 3.15. The number of aromatic nitrogens is 3. The van der Waals surface area contributed by atoms with Gasteiger partial charge in [-0.25, -0.2) is 9.67 Å². The monoisotopic (exact) mass is 260 g/mol. The molecule has 1 heterocycles. The quantitative estimate of drug-likeness (QED) is 0.777. The van der Waals surface area contributed by atoms with Crippen molar-refractivity contribution in [3.8, 4) is 6.07 Å². The van der Waals surface area contributed by atoms with E-state index in [-0.39, 0.29) is 12.0 Å². The van der Waals surface area contributed by atoms with E-state index < -0.39 is 0 Å². The molecular formula is C15H24N4. The molecule has 4 nitrogen and oxygen atoms in total. The number of hydrogen-bond acceptors (Lipinski definition) is 3. The normalized spacial score (nSPS) is 28.1. The first-order chi connectivity index (χ1) is 8.82. The summed E-state index contributed by atoms with van der Waals surface area (Å²) in [5, 5.41) is 13.9. The van der Waals surface area contributed by atoms with Crippen LogP contribution in [0.1, 0.15) is 57.7 Å². The van der Waals surface area contributed by atoms with Crippen molar-refractivity contribution in [2.24, 2.45) is 17.3 Å². The lowest BCUT2D eigenvalue weighted by molar-refractivity contribution is 0.115. The van der Waals surface area contributed by atoms with E-state index in [2.05, 4.69) is 36.9 Å². The second-order valence-electron chi connectivity index (χ2n) is 6.83. The maximum absolute atomic E-state index is 9.40. The van der Waals surface area contributed by atoms with Gasteiger partial charge in [-0.05, 0) is 44.4 Å². The van der Waals surface area contributed by atoms with Crippen molar-refractivity contribution in [1.82, 2.24) is 14.8 Å². The summed E-state index contributed by atoms with van der Waals surface area (Å²) in [4.78, 5) is 4.38. The summed E-state index contributed by atoms with van der Waals surface area (Å²) < 4.78 is 1.99. The van der Waals surface area contributed by atoms with Crippen LogP contribution in [0.25, 0.3) is 0 Å². The zero-order valence-electron chi connectivity index (χ0n) is 12.6. The van der Waals surface area contributed by atoms with Crippen molar-refractivity contribution in [3.05, 3.63) is 11.6 Å². The average molecular weight is 260 g/mol. The lowest BCUT2D eigenvalue weighted by Gasteiger charge is -2.39. The van der Waals surface area contributed by atoms with Gasteiger partial charge in [0, 0.05) is 0 Å². The molecule has 0 aliphatic heterocycles. The van der Waals surface area contributed by atoms with Crippen molar-refractivity contribution < 1.29 is 0 Å². The lowest BCUT2D eigenvalue weighted by atomic mass is 9.68. The topological polar surface area (TPSA) is 54.5 Å². The molecule has 2 rings (SSSR count). The number of rotatable bonds is 1. The van der Waals surface area contributed by atoms with Crippen molar-refractivity contribution in [1.29, 1.82) is 5.26 Å². The second-order valence-corrected chi connectivity index (χ2v) is 6.83. The van der Waals surface area contributed by atoms with Crippen LogP contribution in [0.4, 0.5) is 0 Å². The Hall–Kier alpha value is -1.37. The highest BCUT2D eigenvalue weighted by molar-refractivity contribution is 5.01. The van der Waals surface area contributed by atoms with Gasteiger partial charge >= 0.3 is 0 Å². The molecule has 19 heavy (non-hydrogen) atoms. The molecular weight excluding hydrogens is 236 g/mol. The van der Waals surface area contributed by atoms with E-state index in [9.17, 15) is 5.26 Å². The molecule has 1 aliphatic rings. The smallest absolute Gasteiger partial charge is 0.147 e. The fraction of sp³-hybridized carbons (Fsp3) is 0.800. The minimum Gasteiger partial charge on any atom is -0.246 e. The van der Waals surface area contributed by atoms with Crippen LogP contribution in [0.3, 0.4) is 0 Å². The standard InChI is InChI=1S/C15H24N4/c1-10-17-11(2)19(18-10)14-8-13(15(3,4)5)7-6-12(14)9-16/h12-14H,6-8H2,1-5H3. The molecule has 0 radical (unpaired) electrons. The molecule has 104 valence electrons. The van der Waals surface area contributed by atoms with Gasteiger partial charge in [-0.3, -0.25) is 0 Å². The number of nitrogens with zero attached hydrogens (tertiary/aromatic N) is 4. The molecule has 1 saturated carbocycles. The molecule has 0 aromatic carbocycles. The zero-order chi connectivity index (χ0) is 14.2. The minimum atomic E-state index is 0.0680. The van der Waals surface area contributed by atoms with E-state index in [0.29, 0.717) is 11.3 Å². The van der Waals surface area contributed by atoms with Gasteiger partial charge in [0.25, 0.3) is 0 Å². The third-order valence-corrected chi connectivity index (χ3v) is 4.43. The van der Waals surface area contributed by atoms with Crippen LogP contribution in [0, 0.1) is 42.4 Å². The van der Waals surface area contributed by atoms with E-state index in [0.717, 1.165) is 30.9 Å². The van der Waals surface area contributed by atoms with Gasteiger partial charge in [-0.2, -0.15) is 10.4 Å². The Balaban J connectivity index is 2.29. The van der Waals surface area contributed by atoms with Crippen LogP contribution < -0.4 is 0 Å². The molecule has 1 aliphatic carbocycles. The van der Waals surface area contributed by atoms with Crippen molar-refractivity contribution in [2.75, 3.05) is 0 Å². The van der Waals surface area contributed by atoms with Crippen LogP contribution in [-0.4, -0.2) is 14.8 Å². The first kappa shape index (κ1) is 14.0. The molecule has 0 bridgehead atoms. The fourth-order valence-electron chi connectivity index (χ4n) is 3.20. The van der Waals surface area contributed by atoms with Gasteiger partial charge < -0.3 is 0 Å². The molecule has 0 N–H and O–H groups in total. The Labute approximate surface area is 115 Å². The number of hydrogen-bond donors (Lipinski definition) is 0. The minimum absolute atomic E-state index is 0.0680. The van der Waals surface area contributed by atoms with Gasteiger partial charge in [-0.1, -0.05) is 20.8 Å². The first-order valence-electron chi connectivity index (χ1n) is 7.12. The van der Waals surface area contributed by atoms with E-state index in [1.54, 1.807) is 0 Å². The van der Waals surface area contributed by atoms with Crippen LogP contribution in [0.15, 0.2) is 0 Å². The van der Waals surface area contributed by atoms with Gasteiger partial charge in [-0.15, -0.1) is 0 Å². The predicted octanol–water partition coefficient (Wildman–Crippen LogP) is 3.42. The number of nitriles is 1. The predicted molar refractivity (Wildman–Crippen MR) is 74.4 cm³/mol. The van der Waals surface area contributed by atoms with Crippen LogP contribution >= 0.6 is 0 Å². The highest BCUT2D eigenvalue weighted by atomic mass is 15.4. The molecule has 1 aromatic rings. The van der Waals surface area contributed by atoms with Gasteiger partial charge in [0.05, 0.1) is 18.0 Å². The van der Waals surface area contributed by atoms with E-state index in [1.807, 2.05) is 18.5 Å². The Morgan fingerprint density at radius 3 is 2.42 bits per heavy atom. The SMILES string of the molecule is Cc1nc(C)n(C2CC(C(C)(C)C)CCC2C#N)n1. The third kappa shape index (κ3) is 2.80. The molecule has 1 fully saturated rings. The zero-order valence-corrected chi connectivity index (χ0v) is 12.6. The van der Waals surface area contributed by atoms with Crippen molar-refractivity contribution in [2.45, 2.75) is 59.9 Å². The number of aryl methyl sites for hydroxylation is 2. The summed E-state index contributed by atoms with van der Waals surface area (Å²) in [5.74, 6) is 2.44. The second kappa shape index (κ2) is 4.96. The maximum atomic E-state index is 9.40. The Bertz CT molecular complexity index is 489. The van der Waals surface area contributed by atoms with Crippen LogP contribution in [0.5, 0.6) is 0 Å². The van der Waals surface area contributed by atoms with E-state index >= 15 is 0 Å². The fourth-order valence-corrected chi connectivity index (χ4v) is 3.20. The van der Waals surface area contributed by atoms with Gasteiger partial charge in [0.15, 0.2) is 0 Å². The van der Waals surface area contributed by atoms with Crippen molar-refractivity contribution >= 4 is 0 Å². The Morgan fingerprint density at radius 2 is 1.95 bits per heavy atom. The Kier molecular flexibility index (Phi) is 3.66. The molecule has 3 atom stereocenters. The first-order valence-corrected chi connectivity index (χ1v) is 7.12. The summed E-state index contributed by atoms with van der Waals surface area (Å²) in [7, 11) is 0. The van der Waals surface area contributed by atoms with E-state index in [4.69, 9.17) is 0 Å². The molecule has 3 unspecified atom stereocenters. The highest BCUT2D eigenvalue weighted by Gasteiger charge is 2.37. The maximum Gasteiger partial charge on any atom is 0.147 e.